The number of ether oxygens (including phenoxy) is 1. The van der Waals surface area contributed by atoms with Gasteiger partial charge in [0, 0.05) is 0 Å². The highest BCUT2D eigenvalue weighted by molar-refractivity contribution is 5.86. The minimum atomic E-state index is -1.19. The van der Waals surface area contributed by atoms with E-state index in [4.69, 9.17) is 5.11 Å². The molecule has 0 aliphatic carbocycles. The van der Waals surface area contributed by atoms with Gasteiger partial charge in [-0.25, -0.2) is 9.59 Å². The molecule has 0 spiro atoms. The van der Waals surface area contributed by atoms with Crippen molar-refractivity contribution in [1.29, 1.82) is 0 Å². The Morgan fingerprint density at radius 3 is 2.75 bits per heavy atom. The van der Waals surface area contributed by atoms with Crippen molar-refractivity contribution in [2.24, 2.45) is 0 Å². The van der Waals surface area contributed by atoms with Gasteiger partial charge in [-0.2, -0.15) is 0 Å². The smallest absolute Gasteiger partial charge is 0.413 e. The van der Waals surface area contributed by atoms with E-state index in [1.807, 2.05) is 0 Å². The summed E-state index contributed by atoms with van der Waals surface area (Å²) in [6.45, 7) is 3.45. The van der Waals surface area contributed by atoms with Gasteiger partial charge in [0.25, 0.3) is 0 Å². The molecule has 0 radical (unpaired) electrons. The lowest BCUT2D eigenvalue weighted by Crippen LogP contribution is -2.15. The van der Waals surface area contributed by atoms with E-state index in [9.17, 15) is 9.59 Å². The molecule has 16 heavy (non-hydrogen) atoms. The summed E-state index contributed by atoms with van der Waals surface area (Å²) in [4.78, 5) is 21.5. The first-order chi connectivity index (χ1) is 7.63. The Labute approximate surface area is 90.8 Å². The van der Waals surface area contributed by atoms with E-state index < -0.39 is 12.1 Å². The number of hydrogen-bond acceptors (Lipinski definition) is 5. The third-order valence-corrected chi connectivity index (χ3v) is 1.45. The Bertz CT molecular complexity index is 402. The predicted molar refractivity (Wildman–Crippen MR) is 54.2 cm³/mol. The highest BCUT2D eigenvalue weighted by atomic mass is 16.5. The van der Waals surface area contributed by atoms with E-state index >= 15 is 0 Å². The first kappa shape index (κ1) is 11.6. The molecule has 0 aromatic carbocycles. The van der Waals surface area contributed by atoms with Gasteiger partial charge in [-0.3, -0.25) is 5.32 Å². The van der Waals surface area contributed by atoms with Crippen LogP contribution in [0.4, 0.5) is 10.6 Å². The van der Waals surface area contributed by atoms with Gasteiger partial charge >= 0.3 is 12.1 Å². The molecule has 1 aromatic rings. The molecule has 0 saturated heterocycles. The molecule has 1 rings (SSSR count). The van der Waals surface area contributed by atoms with E-state index in [0.29, 0.717) is 0 Å². The Morgan fingerprint density at radius 1 is 1.50 bits per heavy atom. The molecule has 1 aromatic heterocycles. The second-order valence-corrected chi connectivity index (χ2v) is 2.62. The number of amides is 1. The number of aromatic nitrogens is 2. The Morgan fingerprint density at radius 2 is 2.25 bits per heavy atom. The number of rotatable bonds is 4. The monoisotopic (exact) mass is 223 g/mol. The molecule has 0 fully saturated rings. The number of hydrogen-bond donors (Lipinski definition) is 2. The largest absolute Gasteiger partial charge is 0.476 e. The SMILES string of the molecule is C=CCOC(=O)Nc1ccc(C(=O)O)nn1. The van der Waals surface area contributed by atoms with Crippen LogP contribution in [0.5, 0.6) is 0 Å². The van der Waals surface area contributed by atoms with Gasteiger partial charge in [0.1, 0.15) is 6.61 Å². The van der Waals surface area contributed by atoms with E-state index in [2.05, 4.69) is 26.8 Å². The van der Waals surface area contributed by atoms with Crippen LogP contribution < -0.4 is 5.32 Å². The second-order valence-electron chi connectivity index (χ2n) is 2.62. The summed E-state index contributed by atoms with van der Waals surface area (Å²) < 4.78 is 4.62. The van der Waals surface area contributed by atoms with Crippen molar-refractivity contribution >= 4 is 17.9 Å². The van der Waals surface area contributed by atoms with Gasteiger partial charge in [-0.15, -0.1) is 10.2 Å². The number of nitrogens with zero attached hydrogens (tertiary/aromatic N) is 2. The van der Waals surface area contributed by atoms with Gasteiger partial charge in [-0.05, 0) is 12.1 Å². The van der Waals surface area contributed by atoms with E-state index in [1.165, 1.54) is 18.2 Å². The van der Waals surface area contributed by atoms with Gasteiger partial charge < -0.3 is 9.84 Å². The standard InChI is InChI=1S/C9H9N3O4/c1-2-5-16-9(15)10-7-4-3-6(8(13)14)11-12-7/h2-4H,1,5H2,(H,13,14)(H,10,12,15). The first-order valence-electron chi connectivity index (χ1n) is 4.25. The second kappa shape index (κ2) is 5.44. The van der Waals surface area contributed by atoms with Gasteiger partial charge in [0.15, 0.2) is 11.5 Å². The molecule has 84 valence electrons. The molecule has 2 N–H and O–H groups in total. The topological polar surface area (TPSA) is 101 Å². The number of aromatic carboxylic acids is 1. The lowest BCUT2D eigenvalue weighted by Gasteiger charge is -2.03. The summed E-state index contributed by atoms with van der Waals surface area (Å²) in [7, 11) is 0. The molecule has 1 amide bonds. The number of carbonyl (C=O) groups excluding carboxylic acids is 1. The Balaban J connectivity index is 2.58. The van der Waals surface area contributed by atoms with Crippen molar-refractivity contribution < 1.29 is 19.4 Å². The molecular formula is C9H9N3O4. The molecule has 0 atom stereocenters. The van der Waals surface area contributed by atoms with E-state index in [0.717, 1.165) is 0 Å². The number of carbonyl (C=O) groups is 2. The Kier molecular flexibility index (Phi) is 3.96. The van der Waals surface area contributed by atoms with Crippen LogP contribution in [0.25, 0.3) is 0 Å². The molecule has 0 saturated carbocycles. The summed E-state index contributed by atoms with van der Waals surface area (Å²) in [5, 5.41) is 17.7. The number of carboxylic acid groups (broad SMARTS) is 1. The molecule has 0 aliphatic rings. The van der Waals surface area contributed by atoms with Crippen LogP contribution >= 0.6 is 0 Å². The van der Waals surface area contributed by atoms with Gasteiger partial charge in [-0.1, -0.05) is 12.7 Å². The number of carboxylic acids is 1. The normalized spacial score (nSPS) is 9.25. The van der Waals surface area contributed by atoms with Crippen LogP contribution in [-0.4, -0.2) is 34.0 Å². The fourth-order valence-corrected chi connectivity index (χ4v) is 0.788. The highest BCUT2D eigenvalue weighted by Gasteiger charge is 2.07. The molecule has 0 bridgehead atoms. The lowest BCUT2D eigenvalue weighted by atomic mass is 10.4. The van der Waals surface area contributed by atoms with Crippen LogP contribution in [0.1, 0.15) is 10.5 Å². The fraction of sp³-hybridized carbons (Fsp3) is 0.111. The van der Waals surface area contributed by atoms with Crippen molar-refractivity contribution in [2.45, 2.75) is 0 Å². The molecular weight excluding hydrogens is 214 g/mol. The minimum Gasteiger partial charge on any atom is -0.476 e. The van der Waals surface area contributed by atoms with E-state index in [-0.39, 0.29) is 18.1 Å². The van der Waals surface area contributed by atoms with Crippen LogP contribution in [0.2, 0.25) is 0 Å². The Hall–Kier alpha value is -2.44. The van der Waals surface area contributed by atoms with Gasteiger partial charge in [0.05, 0.1) is 0 Å². The minimum absolute atomic E-state index is 0.0759. The third kappa shape index (κ3) is 3.37. The molecule has 7 heteroatoms. The molecule has 0 aliphatic heterocycles. The predicted octanol–water partition coefficient (Wildman–Crippen LogP) is 0.909. The first-order valence-corrected chi connectivity index (χ1v) is 4.25. The van der Waals surface area contributed by atoms with Crippen molar-refractivity contribution in [3.8, 4) is 0 Å². The summed E-state index contributed by atoms with van der Waals surface area (Å²) in [5.41, 5.74) is -0.204. The number of nitrogens with one attached hydrogen (secondary N) is 1. The average Bonchev–Trinajstić information content (AvgIpc) is 2.27. The van der Waals surface area contributed by atoms with E-state index in [1.54, 1.807) is 0 Å². The summed E-state index contributed by atoms with van der Waals surface area (Å²) in [5.74, 6) is -1.08. The highest BCUT2D eigenvalue weighted by Crippen LogP contribution is 2.02. The van der Waals surface area contributed by atoms with Crippen LogP contribution in [0, 0.1) is 0 Å². The zero-order chi connectivity index (χ0) is 12.0. The van der Waals surface area contributed by atoms with Crippen molar-refractivity contribution in [3.05, 3.63) is 30.5 Å². The summed E-state index contributed by atoms with van der Waals surface area (Å²) in [6.07, 6.45) is 0.705. The maximum absolute atomic E-state index is 11.0. The average molecular weight is 223 g/mol. The zero-order valence-electron chi connectivity index (χ0n) is 8.21. The maximum Gasteiger partial charge on any atom is 0.413 e. The molecule has 7 nitrogen and oxygen atoms in total. The lowest BCUT2D eigenvalue weighted by molar-refractivity contribution is 0.0689. The number of anilines is 1. The summed E-state index contributed by atoms with van der Waals surface area (Å²) in [6, 6.07) is 2.53. The maximum atomic E-state index is 11.0. The fourth-order valence-electron chi connectivity index (χ4n) is 0.788. The van der Waals surface area contributed by atoms with Crippen molar-refractivity contribution in [3.63, 3.8) is 0 Å². The summed E-state index contributed by atoms with van der Waals surface area (Å²) >= 11 is 0. The third-order valence-electron chi connectivity index (χ3n) is 1.45. The van der Waals surface area contributed by atoms with Crippen LogP contribution in [-0.2, 0) is 4.74 Å². The van der Waals surface area contributed by atoms with Crippen molar-refractivity contribution in [2.75, 3.05) is 11.9 Å². The van der Waals surface area contributed by atoms with Crippen LogP contribution in [0.3, 0.4) is 0 Å². The quantitative estimate of drug-likeness (QED) is 0.735. The molecule has 0 unspecified atom stereocenters. The van der Waals surface area contributed by atoms with Crippen LogP contribution in [0.15, 0.2) is 24.8 Å². The van der Waals surface area contributed by atoms with Gasteiger partial charge in [0.2, 0.25) is 0 Å². The van der Waals surface area contributed by atoms with Crippen molar-refractivity contribution in [1.82, 2.24) is 10.2 Å². The molecule has 1 heterocycles. The zero-order valence-corrected chi connectivity index (χ0v) is 8.21.